The molecule has 6 heteroatoms. The third kappa shape index (κ3) is 5.22. The zero-order valence-electron chi connectivity index (χ0n) is 19.3. The van der Waals surface area contributed by atoms with E-state index >= 15 is 0 Å². The normalized spacial score (nSPS) is 15.4. The van der Waals surface area contributed by atoms with Gasteiger partial charge < -0.3 is 9.80 Å². The summed E-state index contributed by atoms with van der Waals surface area (Å²) in [6, 6.07) is 17.6. The van der Waals surface area contributed by atoms with Crippen molar-refractivity contribution in [3.63, 3.8) is 0 Å². The number of benzene rings is 2. The largest absolute Gasteiger partial charge is 0.330 e. The smallest absolute Gasteiger partial charge is 0.254 e. The van der Waals surface area contributed by atoms with Gasteiger partial charge >= 0.3 is 0 Å². The molecule has 4 nitrogen and oxygen atoms in total. The first kappa shape index (κ1) is 23.7. The summed E-state index contributed by atoms with van der Waals surface area (Å²) in [5, 5.41) is 2.12. The molecule has 3 aromatic rings. The van der Waals surface area contributed by atoms with Crippen molar-refractivity contribution in [2.24, 2.45) is 5.92 Å². The van der Waals surface area contributed by atoms with Crippen LogP contribution in [-0.2, 0) is 11.2 Å². The van der Waals surface area contributed by atoms with E-state index in [0.29, 0.717) is 18.7 Å². The Morgan fingerprint density at radius 3 is 2.52 bits per heavy atom. The summed E-state index contributed by atoms with van der Waals surface area (Å²) < 4.78 is 0.923. The van der Waals surface area contributed by atoms with Crippen molar-refractivity contribution in [3.05, 3.63) is 91.6 Å². The van der Waals surface area contributed by atoms with E-state index in [2.05, 4.69) is 60.3 Å². The molecule has 0 saturated carbocycles. The second-order valence-corrected chi connectivity index (χ2v) is 10.9. The summed E-state index contributed by atoms with van der Waals surface area (Å²) >= 11 is 5.19. The number of hydrogen-bond acceptors (Lipinski definition) is 3. The molecule has 2 aromatic carbocycles. The molecule has 33 heavy (non-hydrogen) atoms. The first-order chi connectivity index (χ1) is 15.8. The molecule has 0 radical (unpaired) electrons. The standard InChI is InChI=1S/C27H29BrN2O2S/c1-18(2)16-29(27(32)20-8-10-21(28)11-9-20)17-25(31)30-14-12-24-23(13-15-33-24)26(30)22-7-5-4-6-19(22)3/h4-11,13,15,18,26H,12,14,16-17H2,1-3H3. The number of amides is 2. The molecule has 0 spiro atoms. The molecular formula is C27H29BrN2O2S. The number of rotatable bonds is 6. The Hall–Kier alpha value is -2.44. The number of fused-ring (bicyclic) bond motifs is 1. The van der Waals surface area contributed by atoms with Gasteiger partial charge in [0.1, 0.15) is 6.54 Å². The van der Waals surface area contributed by atoms with Crippen LogP contribution in [0.5, 0.6) is 0 Å². The maximum Gasteiger partial charge on any atom is 0.254 e. The number of carbonyl (C=O) groups is 2. The van der Waals surface area contributed by atoms with E-state index in [1.165, 1.54) is 16.0 Å². The van der Waals surface area contributed by atoms with Crippen LogP contribution in [0, 0.1) is 12.8 Å². The fraction of sp³-hybridized carbons (Fsp3) is 0.333. The van der Waals surface area contributed by atoms with E-state index in [1.54, 1.807) is 28.4 Å². The first-order valence-corrected chi connectivity index (χ1v) is 13.0. The lowest BCUT2D eigenvalue weighted by molar-refractivity contribution is -0.134. The molecule has 0 N–H and O–H groups in total. The zero-order chi connectivity index (χ0) is 23.5. The van der Waals surface area contributed by atoms with Crippen molar-refractivity contribution in [1.82, 2.24) is 9.80 Å². The number of nitrogens with zero attached hydrogens (tertiary/aromatic N) is 2. The summed E-state index contributed by atoms with van der Waals surface area (Å²) in [5.74, 6) is 0.144. The van der Waals surface area contributed by atoms with E-state index in [4.69, 9.17) is 0 Å². The molecule has 2 heterocycles. The van der Waals surface area contributed by atoms with Gasteiger partial charge in [0.05, 0.1) is 6.04 Å². The minimum Gasteiger partial charge on any atom is -0.330 e. The Balaban J connectivity index is 1.63. The number of aryl methyl sites for hydroxylation is 1. The predicted octanol–water partition coefficient (Wildman–Crippen LogP) is 6.09. The first-order valence-electron chi connectivity index (χ1n) is 11.3. The van der Waals surface area contributed by atoms with E-state index in [-0.39, 0.29) is 30.3 Å². The quantitative estimate of drug-likeness (QED) is 0.391. The van der Waals surface area contributed by atoms with Crippen LogP contribution in [0.2, 0.25) is 0 Å². The van der Waals surface area contributed by atoms with E-state index in [1.807, 2.05) is 29.2 Å². The van der Waals surface area contributed by atoms with Crippen molar-refractivity contribution in [1.29, 1.82) is 0 Å². The summed E-state index contributed by atoms with van der Waals surface area (Å²) in [7, 11) is 0. The minimum atomic E-state index is -0.114. The van der Waals surface area contributed by atoms with Crippen LogP contribution < -0.4 is 0 Å². The van der Waals surface area contributed by atoms with Crippen molar-refractivity contribution >= 4 is 39.1 Å². The average molecular weight is 526 g/mol. The van der Waals surface area contributed by atoms with Crippen LogP contribution in [0.4, 0.5) is 0 Å². The van der Waals surface area contributed by atoms with Crippen molar-refractivity contribution < 1.29 is 9.59 Å². The number of carbonyl (C=O) groups excluding carboxylic acids is 2. The number of thiophene rings is 1. The molecule has 1 aliphatic heterocycles. The lowest BCUT2D eigenvalue weighted by atomic mass is 9.90. The van der Waals surface area contributed by atoms with E-state index in [0.717, 1.165) is 16.5 Å². The molecule has 1 atom stereocenters. The number of hydrogen-bond donors (Lipinski definition) is 0. The monoisotopic (exact) mass is 524 g/mol. The van der Waals surface area contributed by atoms with Gasteiger partial charge in [0.15, 0.2) is 0 Å². The molecule has 0 aliphatic carbocycles. The minimum absolute atomic E-state index is 0.00813. The molecule has 1 aliphatic rings. The lowest BCUT2D eigenvalue weighted by Gasteiger charge is -2.38. The lowest BCUT2D eigenvalue weighted by Crippen LogP contribution is -2.47. The number of halogens is 1. The van der Waals surface area contributed by atoms with Gasteiger partial charge in [-0.05, 0) is 71.7 Å². The molecule has 1 unspecified atom stereocenters. The van der Waals surface area contributed by atoms with Crippen LogP contribution in [0.15, 0.2) is 64.5 Å². The van der Waals surface area contributed by atoms with Gasteiger partial charge in [0, 0.05) is 28.0 Å². The fourth-order valence-electron chi connectivity index (χ4n) is 4.50. The Bertz CT molecular complexity index is 1140. The van der Waals surface area contributed by atoms with Gasteiger partial charge in [-0.15, -0.1) is 11.3 Å². The predicted molar refractivity (Wildman–Crippen MR) is 138 cm³/mol. The summed E-state index contributed by atoms with van der Waals surface area (Å²) in [5.41, 5.74) is 4.13. The molecule has 2 amide bonds. The van der Waals surface area contributed by atoms with Crippen LogP contribution in [0.25, 0.3) is 0 Å². The summed E-state index contributed by atoms with van der Waals surface area (Å²) in [6.07, 6.45) is 0.853. The molecule has 4 rings (SSSR count). The van der Waals surface area contributed by atoms with Gasteiger partial charge in [-0.3, -0.25) is 9.59 Å². The third-order valence-corrected chi connectivity index (χ3v) is 7.58. The van der Waals surface area contributed by atoms with Crippen molar-refractivity contribution in [3.8, 4) is 0 Å². The summed E-state index contributed by atoms with van der Waals surface area (Å²) in [6.45, 7) is 7.51. The Labute approximate surface area is 208 Å². The van der Waals surface area contributed by atoms with Crippen LogP contribution in [-0.4, -0.2) is 41.2 Å². The SMILES string of the molecule is Cc1ccccc1C1c2ccsc2CCN1C(=O)CN(CC(C)C)C(=O)c1ccc(Br)cc1. The molecule has 0 bridgehead atoms. The highest BCUT2D eigenvalue weighted by Crippen LogP contribution is 2.39. The highest BCUT2D eigenvalue weighted by atomic mass is 79.9. The molecule has 0 fully saturated rings. The Kier molecular flexibility index (Phi) is 7.35. The molecular weight excluding hydrogens is 496 g/mol. The average Bonchev–Trinajstić information content (AvgIpc) is 3.27. The summed E-state index contributed by atoms with van der Waals surface area (Å²) in [4.78, 5) is 32.1. The third-order valence-electron chi connectivity index (χ3n) is 6.06. The van der Waals surface area contributed by atoms with Crippen LogP contribution >= 0.6 is 27.3 Å². The highest BCUT2D eigenvalue weighted by Gasteiger charge is 2.34. The van der Waals surface area contributed by atoms with Gasteiger partial charge in [-0.1, -0.05) is 54.0 Å². The zero-order valence-corrected chi connectivity index (χ0v) is 21.7. The maximum absolute atomic E-state index is 13.7. The molecule has 1 aromatic heterocycles. The highest BCUT2D eigenvalue weighted by molar-refractivity contribution is 9.10. The van der Waals surface area contributed by atoms with Gasteiger partial charge in [0.25, 0.3) is 5.91 Å². The fourth-order valence-corrected chi connectivity index (χ4v) is 5.67. The topological polar surface area (TPSA) is 40.6 Å². The van der Waals surface area contributed by atoms with Gasteiger partial charge in [-0.2, -0.15) is 0 Å². The second-order valence-electron chi connectivity index (χ2n) is 8.98. The van der Waals surface area contributed by atoms with Crippen molar-refractivity contribution in [2.45, 2.75) is 33.2 Å². The van der Waals surface area contributed by atoms with Crippen LogP contribution in [0.3, 0.4) is 0 Å². The Morgan fingerprint density at radius 1 is 1.09 bits per heavy atom. The van der Waals surface area contributed by atoms with Gasteiger partial charge in [-0.25, -0.2) is 0 Å². The molecule has 0 saturated heterocycles. The Morgan fingerprint density at radius 2 is 1.82 bits per heavy atom. The maximum atomic E-state index is 13.7. The van der Waals surface area contributed by atoms with Crippen molar-refractivity contribution in [2.75, 3.05) is 19.6 Å². The van der Waals surface area contributed by atoms with E-state index < -0.39 is 0 Å². The van der Waals surface area contributed by atoms with E-state index in [9.17, 15) is 9.59 Å². The second kappa shape index (κ2) is 10.2. The van der Waals surface area contributed by atoms with Gasteiger partial charge in [0.2, 0.25) is 5.91 Å². The van der Waals surface area contributed by atoms with Crippen LogP contribution in [0.1, 0.15) is 51.8 Å². The molecule has 172 valence electrons.